The number of benzene rings is 2. The van der Waals surface area contributed by atoms with Gasteiger partial charge in [0, 0.05) is 37.9 Å². The topological polar surface area (TPSA) is 127 Å². The summed E-state index contributed by atoms with van der Waals surface area (Å²) in [7, 11) is 2.89. The van der Waals surface area contributed by atoms with Crippen LogP contribution in [0.4, 0.5) is 5.95 Å². The molecule has 11 heteroatoms. The van der Waals surface area contributed by atoms with E-state index in [0.717, 1.165) is 0 Å². The number of hydrogen-bond donors (Lipinski definition) is 1. The summed E-state index contributed by atoms with van der Waals surface area (Å²) >= 11 is 0. The smallest absolute Gasteiger partial charge is 0.308 e. The number of carbonyl (C=O) groups excluding carboxylic acids is 2. The van der Waals surface area contributed by atoms with E-state index >= 15 is 0 Å². The van der Waals surface area contributed by atoms with Crippen molar-refractivity contribution in [2.45, 2.75) is 19.9 Å². The average Bonchev–Trinajstić information content (AvgIpc) is 3.29. The van der Waals surface area contributed by atoms with Crippen LogP contribution in [0, 0.1) is 0 Å². The molecule has 0 saturated carbocycles. The van der Waals surface area contributed by atoms with Crippen molar-refractivity contribution in [3.8, 4) is 34.5 Å². The van der Waals surface area contributed by atoms with Gasteiger partial charge in [0.05, 0.1) is 20.3 Å². The van der Waals surface area contributed by atoms with Crippen LogP contribution in [0.3, 0.4) is 0 Å². The second kappa shape index (κ2) is 10.2. The first-order valence-electron chi connectivity index (χ1n) is 10.5. The van der Waals surface area contributed by atoms with E-state index in [1.165, 1.54) is 28.1 Å². The third kappa shape index (κ3) is 5.18. The Hall–Kier alpha value is -4.54. The summed E-state index contributed by atoms with van der Waals surface area (Å²) in [4.78, 5) is 32.1. The van der Waals surface area contributed by atoms with E-state index in [2.05, 4.69) is 15.3 Å². The summed E-state index contributed by atoms with van der Waals surface area (Å²) in [5.74, 6) is 1.08. The summed E-state index contributed by atoms with van der Waals surface area (Å²) < 4.78 is 32.8. The number of carbonyl (C=O) groups is 2. The molecule has 0 amide bonds. The highest BCUT2D eigenvalue weighted by Crippen LogP contribution is 2.46. The van der Waals surface area contributed by atoms with Crippen molar-refractivity contribution in [3.05, 3.63) is 53.9 Å². The summed E-state index contributed by atoms with van der Waals surface area (Å²) in [6, 6.07) is 7.63. The number of nitrogens with zero attached hydrogens (tertiary/aromatic N) is 2. The van der Waals surface area contributed by atoms with Gasteiger partial charge < -0.3 is 33.7 Å². The van der Waals surface area contributed by atoms with Crippen LogP contribution < -0.4 is 33.7 Å². The Kier molecular flexibility index (Phi) is 6.86. The van der Waals surface area contributed by atoms with Crippen molar-refractivity contribution in [1.29, 1.82) is 0 Å². The second-order valence-electron chi connectivity index (χ2n) is 7.33. The van der Waals surface area contributed by atoms with Crippen LogP contribution in [0.2, 0.25) is 0 Å². The number of rotatable bonds is 8. The molecule has 0 fully saturated rings. The minimum atomic E-state index is -0.685. The Labute approximate surface area is 200 Å². The molecule has 0 aliphatic carbocycles. The first kappa shape index (κ1) is 23.6. The summed E-state index contributed by atoms with van der Waals surface area (Å²) in [5, 5.41) is 3.25. The fraction of sp³-hybridized carbons (Fsp3) is 0.250. The van der Waals surface area contributed by atoms with Crippen molar-refractivity contribution in [1.82, 2.24) is 9.97 Å². The molecule has 0 saturated heterocycles. The molecule has 2 aromatic carbocycles. The molecule has 1 unspecified atom stereocenters. The largest absolute Gasteiger partial charge is 0.493 e. The van der Waals surface area contributed by atoms with Crippen LogP contribution in [-0.2, 0) is 9.59 Å². The van der Waals surface area contributed by atoms with Crippen molar-refractivity contribution in [2.75, 3.05) is 26.3 Å². The number of aromatic nitrogens is 2. The Morgan fingerprint density at radius 1 is 0.886 bits per heavy atom. The van der Waals surface area contributed by atoms with E-state index in [0.29, 0.717) is 28.6 Å². The third-order valence-electron chi connectivity index (χ3n) is 4.97. The molecule has 2 heterocycles. The number of fused-ring (bicyclic) bond motifs is 1. The van der Waals surface area contributed by atoms with Gasteiger partial charge in [-0.1, -0.05) is 0 Å². The monoisotopic (exact) mass is 481 g/mol. The van der Waals surface area contributed by atoms with Gasteiger partial charge in [0.15, 0.2) is 23.0 Å². The van der Waals surface area contributed by atoms with Gasteiger partial charge in [-0.25, -0.2) is 9.97 Å². The van der Waals surface area contributed by atoms with Crippen LogP contribution in [-0.4, -0.2) is 42.9 Å². The van der Waals surface area contributed by atoms with E-state index < -0.39 is 18.0 Å². The van der Waals surface area contributed by atoms with Crippen LogP contribution in [0.15, 0.2) is 42.7 Å². The number of hydrogen-bond acceptors (Lipinski definition) is 11. The molecule has 11 nitrogen and oxygen atoms in total. The lowest BCUT2D eigenvalue weighted by molar-refractivity contribution is -0.133. The maximum absolute atomic E-state index is 11.9. The molecule has 0 bridgehead atoms. The maximum Gasteiger partial charge on any atom is 0.308 e. The molecule has 3 aromatic rings. The molecule has 4 rings (SSSR count). The summed E-state index contributed by atoms with van der Waals surface area (Å²) in [6.07, 6.45) is 3.17. The van der Waals surface area contributed by atoms with E-state index in [-0.39, 0.29) is 29.8 Å². The first-order valence-corrected chi connectivity index (χ1v) is 10.5. The quantitative estimate of drug-likeness (QED) is 0.376. The van der Waals surface area contributed by atoms with Crippen molar-refractivity contribution >= 4 is 17.9 Å². The van der Waals surface area contributed by atoms with Crippen molar-refractivity contribution in [3.63, 3.8) is 0 Å². The molecule has 35 heavy (non-hydrogen) atoms. The molecule has 0 radical (unpaired) electrons. The predicted molar refractivity (Wildman–Crippen MR) is 122 cm³/mol. The number of ether oxygens (including phenoxy) is 6. The van der Waals surface area contributed by atoms with E-state index in [1.807, 2.05) is 0 Å². The van der Waals surface area contributed by atoms with E-state index in [4.69, 9.17) is 28.4 Å². The molecule has 1 aliphatic rings. The molecule has 0 spiro atoms. The predicted octanol–water partition coefficient (Wildman–Crippen LogP) is 3.27. The highest BCUT2D eigenvalue weighted by Gasteiger charge is 2.28. The Balaban J connectivity index is 1.91. The van der Waals surface area contributed by atoms with Crippen molar-refractivity contribution < 1.29 is 38.0 Å². The number of anilines is 1. The standard InChI is InChI=1S/C24H23N3O8/c1-13(28)34-17-11-19-18(32-12-33-19)10-16(17)22(27-24-25-6-5-7-26-24)15-8-20(30-3)23(35-14(2)29)21(9-15)31-4/h5-11,22H,12H2,1-4H3,(H,25,26,27). The molecule has 1 aliphatic heterocycles. The van der Waals surface area contributed by atoms with Gasteiger partial charge >= 0.3 is 11.9 Å². The van der Waals surface area contributed by atoms with E-state index in [1.54, 1.807) is 42.7 Å². The molecule has 1 aromatic heterocycles. The van der Waals surface area contributed by atoms with Gasteiger partial charge in [0.25, 0.3) is 0 Å². The average molecular weight is 481 g/mol. The first-order chi connectivity index (χ1) is 16.9. The number of nitrogens with one attached hydrogen (secondary N) is 1. The number of methoxy groups -OCH3 is 2. The van der Waals surface area contributed by atoms with Crippen LogP contribution in [0.5, 0.6) is 34.5 Å². The van der Waals surface area contributed by atoms with Gasteiger partial charge in [0.1, 0.15) is 5.75 Å². The van der Waals surface area contributed by atoms with E-state index in [9.17, 15) is 9.59 Å². The van der Waals surface area contributed by atoms with Gasteiger partial charge in [0.2, 0.25) is 18.5 Å². The fourth-order valence-corrected chi connectivity index (χ4v) is 3.56. The Morgan fingerprint density at radius 3 is 2.06 bits per heavy atom. The summed E-state index contributed by atoms with van der Waals surface area (Å²) in [6.45, 7) is 2.62. The lowest BCUT2D eigenvalue weighted by Gasteiger charge is -2.24. The lowest BCUT2D eigenvalue weighted by atomic mass is 9.96. The molecular formula is C24H23N3O8. The molecular weight excluding hydrogens is 458 g/mol. The second-order valence-corrected chi connectivity index (χ2v) is 7.33. The SMILES string of the molecule is COc1cc(C(Nc2ncccn2)c2cc3c(cc2OC(C)=O)OCO3)cc(OC)c1OC(C)=O. The Morgan fingerprint density at radius 2 is 1.49 bits per heavy atom. The van der Waals surface area contributed by atoms with Crippen molar-refractivity contribution in [2.24, 2.45) is 0 Å². The maximum atomic E-state index is 11.9. The zero-order valence-corrected chi connectivity index (χ0v) is 19.5. The molecule has 1 atom stereocenters. The van der Waals surface area contributed by atoms with Gasteiger partial charge in [-0.2, -0.15) is 0 Å². The highest BCUT2D eigenvalue weighted by atomic mass is 16.7. The van der Waals surface area contributed by atoms with Crippen LogP contribution in [0.1, 0.15) is 31.0 Å². The zero-order valence-electron chi connectivity index (χ0n) is 19.5. The van der Waals surface area contributed by atoms with Gasteiger partial charge in [-0.15, -0.1) is 0 Å². The molecule has 182 valence electrons. The van der Waals surface area contributed by atoms with Gasteiger partial charge in [-0.05, 0) is 29.8 Å². The molecule has 1 N–H and O–H groups in total. The number of esters is 2. The zero-order chi connectivity index (χ0) is 24.9. The third-order valence-corrected chi connectivity index (χ3v) is 4.97. The van der Waals surface area contributed by atoms with Crippen LogP contribution in [0.25, 0.3) is 0 Å². The minimum absolute atomic E-state index is 0.0386. The lowest BCUT2D eigenvalue weighted by Crippen LogP contribution is -2.17. The highest BCUT2D eigenvalue weighted by molar-refractivity contribution is 5.73. The minimum Gasteiger partial charge on any atom is -0.493 e. The normalized spacial score (nSPS) is 12.5. The fourth-order valence-electron chi connectivity index (χ4n) is 3.56. The summed E-state index contributed by atoms with van der Waals surface area (Å²) in [5.41, 5.74) is 1.13. The van der Waals surface area contributed by atoms with Gasteiger partial charge in [-0.3, -0.25) is 9.59 Å². The van der Waals surface area contributed by atoms with Crippen LogP contribution >= 0.6 is 0 Å². The Bertz CT molecular complexity index is 1220.